The Labute approximate surface area is 168 Å². The number of fused-ring (bicyclic) bond motifs is 1. The van der Waals surface area contributed by atoms with Gasteiger partial charge in [0.1, 0.15) is 0 Å². The fourth-order valence-electron chi connectivity index (χ4n) is 2.86. The van der Waals surface area contributed by atoms with E-state index in [0.29, 0.717) is 22.2 Å². The van der Waals surface area contributed by atoms with Crippen LogP contribution in [0.15, 0.2) is 52.4 Å². The van der Waals surface area contributed by atoms with Crippen molar-refractivity contribution < 1.29 is 23.1 Å². The Morgan fingerprint density at radius 2 is 1.97 bits per heavy atom. The molecule has 3 N–H and O–H groups in total. The number of H-pyrrole nitrogens is 1. The quantitative estimate of drug-likeness (QED) is 0.422. The molecule has 152 valence electrons. The number of hydrogen-bond acceptors (Lipinski definition) is 6. The number of aliphatic imine (C=N–C) groups is 1. The van der Waals surface area contributed by atoms with Crippen LogP contribution in [0.1, 0.15) is 29.8 Å². The number of para-hydroxylation sites is 1. The van der Waals surface area contributed by atoms with Gasteiger partial charge in [-0.3, -0.25) is 4.99 Å². The van der Waals surface area contributed by atoms with Crippen molar-refractivity contribution in [2.24, 2.45) is 4.99 Å². The summed E-state index contributed by atoms with van der Waals surface area (Å²) in [4.78, 5) is 19.1. The Bertz CT molecular complexity index is 1200. The molecule has 3 aromatic rings. The highest BCUT2D eigenvalue weighted by molar-refractivity contribution is 7.89. The molecule has 8 nitrogen and oxygen atoms in total. The Morgan fingerprint density at radius 3 is 2.66 bits per heavy atom. The Balaban J connectivity index is 2.07. The first-order chi connectivity index (χ1) is 13.7. The van der Waals surface area contributed by atoms with Crippen molar-refractivity contribution in [3.05, 3.63) is 53.6 Å². The lowest BCUT2D eigenvalue weighted by molar-refractivity contribution is 0.0601. The summed E-state index contributed by atoms with van der Waals surface area (Å²) < 4.78 is 32.2. The number of esters is 1. The number of carbonyl (C=O) groups excluding carboxylic acids is 1. The highest BCUT2D eigenvalue weighted by Gasteiger charge is 2.18. The molecule has 9 heteroatoms. The molecule has 0 aliphatic carbocycles. The highest BCUT2D eigenvalue weighted by atomic mass is 32.2. The predicted octanol–water partition coefficient (Wildman–Crippen LogP) is 3.10. The van der Waals surface area contributed by atoms with Gasteiger partial charge in [-0.2, -0.15) is 0 Å². The van der Waals surface area contributed by atoms with Crippen LogP contribution in [0.5, 0.6) is 5.88 Å². The minimum atomic E-state index is -3.70. The lowest BCUT2D eigenvalue weighted by Crippen LogP contribution is -2.30. The molecule has 0 aliphatic heterocycles. The summed E-state index contributed by atoms with van der Waals surface area (Å²) in [6.45, 7) is 3.46. The number of aromatic hydroxyl groups is 1. The summed E-state index contributed by atoms with van der Waals surface area (Å²) in [6.07, 6.45) is 1.38. The standard InChI is InChI=1S/C20H21N3O5S/c1-12(2)23-29(26,27)13-8-9-18-15(10-13)16(19(24)22-18)11-21-17-7-5-4-6-14(17)20(25)28-3/h4-12,22-24H,1-3H3. The minimum absolute atomic E-state index is 0.0716. The van der Waals surface area contributed by atoms with Gasteiger partial charge in [0, 0.05) is 23.2 Å². The molecular weight excluding hydrogens is 394 g/mol. The second-order valence-electron chi connectivity index (χ2n) is 6.64. The van der Waals surface area contributed by atoms with Crippen LogP contribution in [-0.4, -0.2) is 43.8 Å². The molecule has 0 radical (unpaired) electrons. The van der Waals surface area contributed by atoms with Gasteiger partial charge in [-0.15, -0.1) is 0 Å². The van der Waals surface area contributed by atoms with Gasteiger partial charge in [0.2, 0.25) is 10.0 Å². The fourth-order valence-corrected chi connectivity index (χ4v) is 4.13. The number of nitrogens with zero attached hydrogens (tertiary/aromatic N) is 1. The van der Waals surface area contributed by atoms with Crippen LogP contribution in [0, 0.1) is 0 Å². The van der Waals surface area contributed by atoms with Crippen LogP contribution in [0.4, 0.5) is 5.69 Å². The Hall–Kier alpha value is -3.17. The molecule has 0 unspecified atom stereocenters. The molecule has 0 saturated heterocycles. The van der Waals surface area contributed by atoms with Crippen molar-refractivity contribution in [2.45, 2.75) is 24.8 Å². The lowest BCUT2D eigenvalue weighted by atomic mass is 10.1. The number of hydrogen-bond donors (Lipinski definition) is 3. The zero-order valence-corrected chi connectivity index (χ0v) is 16.9. The molecule has 1 aromatic heterocycles. The van der Waals surface area contributed by atoms with E-state index < -0.39 is 16.0 Å². The molecule has 0 saturated carbocycles. The van der Waals surface area contributed by atoms with E-state index in [2.05, 4.69) is 14.7 Å². The summed E-state index contributed by atoms with van der Waals surface area (Å²) >= 11 is 0. The number of benzene rings is 2. The third-order valence-corrected chi connectivity index (χ3v) is 5.79. The molecule has 0 bridgehead atoms. The SMILES string of the molecule is COC(=O)c1ccccc1N=Cc1c(O)[nH]c2ccc(S(=O)(=O)NC(C)C)cc12. The smallest absolute Gasteiger partial charge is 0.340 e. The van der Waals surface area contributed by atoms with Gasteiger partial charge < -0.3 is 14.8 Å². The van der Waals surface area contributed by atoms with Gasteiger partial charge in [-0.1, -0.05) is 12.1 Å². The van der Waals surface area contributed by atoms with Crippen molar-refractivity contribution in [3.63, 3.8) is 0 Å². The van der Waals surface area contributed by atoms with Gasteiger partial charge in [0.25, 0.3) is 0 Å². The van der Waals surface area contributed by atoms with Crippen LogP contribution in [0.3, 0.4) is 0 Å². The second kappa shape index (κ2) is 8.06. The first-order valence-electron chi connectivity index (χ1n) is 8.81. The van der Waals surface area contributed by atoms with Crippen molar-refractivity contribution >= 4 is 38.8 Å². The van der Waals surface area contributed by atoms with Crippen LogP contribution in [0.25, 0.3) is 10.9 Å². The van der Waals surface area contributed by atoms with E-state index >= 15 is 0 Å². The normalized spacial score (nSPS) is 12.1. The maximum atomic E-state index is 12.5. The average molecular weight is 415 g/mol. The number of aromatic nitrogens is 1. The number of nitrogens with one attached hydrogen (secondary N) is 2. The monoisotopic (exact) mass is 415 g/mol. The number of aromatic amines is 1. The first-order valence-corrected chi connectivity index (χ1v) is 10.3. The highest BCUT2D eigenvalue weighted by Crippen LogP contribution is 2.29. The molecule has 0 spiro atoms. The maximum absolute atomic E-state index is 12.5. The summed E-state index contributed by atoms with van der Waals surface area (Å²) in [7, 11) is -2.42. The summed E-state index contributed by atoms with van der Waals surface area (Å²) in [5.41, 5.74) is 1.49. The van der Waals surface area contributed by atoms with Crippen molar-refractivity contribution in [1.82, 2.24) is 9.71 Å². The van der Waals surface area contributed by atoms with Gasteiger partial charge >= 0.3 is 5.97 Å². The molecule has 0 amide bonds. The number of carbonyl (C=O) groups is 1. The number of sulfonamides is 1. The van der Waals surface area contributed by atoms with Gasteiger partial charge in [0.05, 0.1) is 28.8 Å². The zero-order valence-electron chi connectivity index (χ0n) is 16.1. The maximum Gasteiger partial charge on any atom is 0.340 e. The van der Waals surface area contributed by atoms with Crippen LogP contribution < -0.4 is 4.72 Å². The number of methoxy groups -OCH3 is 1. The second-order valence-corrected chi connectivity index (χ2v) is 8.35. The lowest BCUT2D eigenvalue weighted by Gasteiger charge is -2.09. The van der Waals surface area contributed by atoms with Crippen LogP contribution >= 0.6 is 0 Å². The van der Waals surface area contributed by atoms with E-state index in [-0.39, 0.29) is 22.4 Å². The summed E-state index contributed by atoms with van der Waals surface area (Å²) in [5.74, 6) is -0.695. The summed E-state index contributed by atoms with van der Waals surface area (Å²) in [5, 5.41) is 10.8. The third kappa shape index (κ3) is 4.30. The predicted molar refractivity (Wildman–Crippen MR) is 110 cm³/mol. The zero-order chi connectivity index (χ0) is 21.2. The largest absolute Gasteiger partial charge is 0.494 e. The van der Waals surface area contributed by atoms with E-state index in [1.807, 2.05) is 0 Å². The molecule has 3 rings (SSSR count). The van der Waals surface area contributed by atoms with Crippen molar-refractivity contribution in [3.8, 4) is 5.88 Å². The van der Waals surface area contributed by atoms with Gasteiger partial charge in [-0.05, 0) is 44.2 Å². The molecular formula is C20H21N3O5S. The number of ether oxygens (including phenoxy) is 1. The molecule has 0 aliphatic rings. The Kier molecular flexibility index (Phi) is 5.71. The van der Waals surface area contributed by atoms with Crippen LogP contribution in [-0.2, 0) is 14.8 Å². The van der Waals surface area contributed by atoms with E-state index in [9.17, 15) is 18.3 Å². The minimum Gasteiger partial charge on any atom is -0.494 e. The van der Waals surface area contributed by atoms with Gasteiger partial charge in [0.15, 0.2) is 5.88 Å². The molecule has 2 aromatic carbocycles. The molecule has 0 fully saturated rings. The average Bonchev–Trinajstić information content (AvgIpc) is 2.99. The van der Waals surface area contributed by atoms with Crippen molar-refractivity contribution in [1.29, 1.82) is 0 Å². The topological polar surface area (TPSA) is 121 Å². The van der Waals surface area contributed by atoms with Crippen LogP contribution in [0.2, 0.25) is 0 Å². The molecule has 0 atom stereocenters. The number of rotatable bonds is 6. The first kappa shape index (κ1) is 20.6. The molecule has 1 heterocycles. The van der Waals surface area contributed by atoms with E-state index in [1.165, 1.54) is 25.5 Å². The fraction of sp³-hybridized carbons (Fsp3) is 0.200. The third-order valence-electron chi connectivity index (χ3n) is 4.13. The summed E-state index contributed by atoms with van der Waals surface area (Å²) in [6, 6.07) is 10.9. The van der Waals surface area contributed by atoms with E-state index in [4.69, 9.17) is 4.74 Å². The molecule has 29 heavy (non-hydrogen) atoms. The Morgan fingerprint density at radius 1 is 1.24 bits per heavy atom. The van der Waals surface area contributed by atoms with Crippen molar-refractivity contribution in [2.75, 3.05) is 7.11 Å². The van der Waals surface area contributed by atoms with E-state index in [0.717, 1.165) is 0 Å². The van der Waals surface area contributed by atoms with E-state index in [1.54, 1.807) is 44.2 Å². The van der Waals surface area contributed by atoms with Gasteiger partial charge in [-0.25, -0.2) is 17.9 Å².